The van der Waals surface area contributed by atoms with E-state index in [-0.39, 0.29) is 24.6 Å². The van der Waals surface area contributed by atoms with E-state index in [4.69, 9.17) is 11.2 Å². The average molecular weight is 284 g/mol. The Kier molecular flexibility index (Phi) is 6.08. The number of hydrogen-bond donors (Lipinski definition) is 0. The van der Waals surface area contributed by atoms with Crippen molar-refractivity contribution in [2.75, 3.05) is 0 Å². The van der Waals surface area contributed by atoms with Crippen LogP contribution in [0.25, 0.3) is 0 Å². The van der Waals surface area contributed by atoms with E-state index in [1.165, 1.54) is 19.9 Å². The Hall–Kier alpha value is -2.18. The highest BCUT2D eigenvalue weighted by molar-refractivity contribution is 6.06. The highest BCUT2D eigenvalue weighted by atomic mass is 16.5. The van der Waals surface area contributed by atoms with Gasteiger partial charge in [-0.25, -0.2) is 0 Å². The molecule has 0 N–H and O–H groups in total. The van der Waals surface area contributed by atoms with Crippen LogP contribution in [0.2, 0.25) is 0 Å². The topological polar surface area (TPSA) is 43.4 Å². The van der Waals surface area contributed by atoms with E-state index in [2.05, 4.69) is 12.5 Å². The van der Waals surface area contributed by atoms with E-state index in [0.29, 0.717) is 0 Å². The molecule has 21 heavy (non-hydrogen) atoms. The minimum atomic E-state index is -1.36. The molecule has 0 saturated carbocycles. The first-order valence-electron chi connectivity index (χ1n) is 6.72. The molecule has 3 heteroatoms. The third kappa shape index (κ3) is 3.68. The standard InChI is InChI=1S/C18H20O3/c1-5-12-18(14(3)19,15(4)20)17(6-2)21-13-16-10-8-7-9-11-16/h1,6-11,17H,2,12-13H2,3-4H3. The van der Waals surface area contributed by atoms with Gasteiger partial charge in [-0.2, -0.15) is 0 Å². The second-order valence-electron chi connectivity index (χ2n) is 4.92. The van der Waals surface area contributed by atoms with Gasteiger partial charge in [0.1, 0.15) is 17.0 Å². The minimum Gasteiger partial charge on any atom is -0.368 e. The van der Waals surface area contributed by atoms with E-state index in [1.54, 1.807) is 0 Å². The quantitative estimate of drug-likeness (QED) is 0.419. The smallest absolute Gasteiger partial charge is 0.147 e. The number of terminal acetylenes is 1. The molecule has 1 atom stereocenters. The van der Waals surface area contributed by atoms with E-state index in [1.807, 2.05) is 30.3 Å². The Morgan fingerprint density at radius 3 is 2.33 bits per heavy atom. The summed E-state index contributed by atoms with van der Waals surface area (Å²) in [7, 11) is 0. The van der Waals surface area contributed by atoms with Gasteiger partial charge >= 0.3 is 0 Å². The van der Waals surface area contributed by atoms with Gasteiger partial charge in [-0.3, -0.25) is 9.59 Å². The number of benzene rings is 1. The van der Waals surface area contributed by atoms with E-state index >= 15 is 0 Å². The molecule has 0 aliphatic carbocycles. The Labute approximate surface area is 126 Å². The van der Waals surface area contributed by atoms with Gasteiger partial charge in [0.15, 0.2) is 0 Å². The molecule has 1 aromatic rings. The van der Waals surface area contributed by atoms with Crippen LogP contribution in [-0.4, -0.2) is 17.7 Å². The molecule has 0 amide bonds. The second kappa shape index (κ2) is 7.56. The number of carbonyl (C=O) groups excluding carboxylic acids is 2. The van der Waals surface area contributed by atoms with Crippen LogP contribution in [0.3, 0.4) is 0 Å². The lowest BCUT2D eigenvalue weighted by Gasteiger charge is -2.33. The number of hydrogen-bond acceptors (Lipinski definition) is 3. The van der Waals surface area contributed by atoms with Crippen molar-refractivity contribution in [3.8, 4) is 12.3 Å². The predicted molar refractivity (Wildman–Crippen MR) is 82.5 cm³/mol. The molecule has 1 aromatic carbocycles. The maximum Gasteiger partial charge on any atom is 0.147 e. The van der Waals surface area contributed by atoms with Gasteiger partial charge in [0.05, 0.1) is 12.7 Å². The summed E-state index contributed by atoms with van der Waals surface area (Å²) in [6.07, 6.45) is 6.08. The first-order chi connectivity index (χ1) is 9.98. The first-order valence-corrected chi connectivity index (χ1v) is 6.72. The molecule has 0 aromatic heterocycles. The molecule has 0 heterocycles. The van der Waals surface area contributed by atoms with Crippen LogP contribution in [0.5, 0.6) is 0 Å². The Bertz CT molecular complexity index is 538. The molecule has 110 valence electrons. The summed E-state index contributed by atoms with van der Waals surface area (Å²) >= 11 is 0. The molecular formula is C18H20O3. The SMILES string of the molecule is C#CCC(C(C)=O)(C(C)=O)C(C=C)OCc1ccccc1. The number of Topliss-reactive ketones (excluding diaryl/α,β-unsaturated/α-hetero) is 2. The van der Waals surface area contributed by atoms with Crippen molar-refractivity contribution in [1.82, 2.24) is 0 Å². The largest absolute Gasteiger partial charge is 0.368 e. The van der Waals surface area contributed by atoms with Crippen LogP contribution in [-0.2, 0) is 20.9 Å². The molecule has 0 spiro atoms. The number of ether oxygens (including phenoxy) is 1. The van der Waals surface area contributed by atoms with Gasteiger partial charge in [0.25, 0.3) is 0 Å². The molecule has 0 fully saturated rings. The monoisotopic (exact) mass is 284 g/mol. The highest BCUT2D eigenvalue weighted by Gasteiger charge is 2.46. The Morgan fingerprint density at radius 2 is 1.90 bits per heavy atom. The van der Waals surface area contributed by atoms with Crippen LogP contribution >= 0.6 is 0 Å². The Morgan fingerprint density at radius 1 is 1.33 bits per heavy atom. The van der Waals surface area contributed by atoms with Crippen LogP contribution in [0.4, 0.5) is 0 Å². The highest BCUT2D eigenvalue weighted by Crippen LogP contribution is 2.32. The normalized spacial score (nSPS) is 12.2. The number of ketones is 2. The van der Waals surface area contributed by atoms with Gasteiger partial charge in [-0.05, 0) is 19.4 Å². The molecule has 0 bridgehead atoms. The third-order valence-electron chi connectivity index (χ3n) is 3.61. The van der Waals surface area contributed by atoms with Crippen molar-refractivity contribution >= 4 is 11.6 Å². The van der Waals surface area contributed by atoms with Crippen LogP contribution in [0, 0.1) is 17.8 Å². The lowest BCUT2D eigenvalue weighted by atomic mass is 9.72. The zero-order valence-corrected chi connectivity index (χ0v) is 12.5. The predicted octanol–water partition coefficient (Wildman–Crippen LogP) is 2.95. The maximum atomic E-state index is 12.1. The molecular weight excluding hydrogens is 264 g/mol. The van der Waals surface area contributed by atoms with Crippen molar-refractivity contribution in [3.05, 3.63) is 48.6 Å². The van der Waals surface area contributed by atoms with Crippen molar-refractivity contribution in [2.45, 2.75) is 33.0 Å². The van der Waals surface area contributed by atoms with E-state index in [0.717, 1.165) is 5.56 Å². The fourth-order valence-corrected chi connectivity index (χ4v) is 2.33. The van der Waals surface area contributed by atoms with E-state index in [9.17, 15) is 9.59 Å². The maximum absolute atomic E-state index is 12.1. The number of rotatable bonds is 8. The summed E-state index contributed by atoms with van der Waals surface area (Å²) < 4.78 is 5.76. The van der Waals surface area contributed by atoms with Crippen LogP contribution in [0.15, 0.2) is 43.0 Å². The molecule has 1 unspecified atom stereocenters. The zero-order valence-electron chi connectivity index (χ0n) is 12.5. The van der Waals surface area contributed by atoms with Gasteiger partial charge in [-0.15, -0.1) is 18.9 Å². The summed E-state index contributed by atoms with van der Waals surface area (Å²) in [6, 6.07) is 9.51. The van der Waals surface area contributed by atoms with Crippen LogP contribution < -0.4 is 0 Å². The molecule has 1 rings (SSSR count). The molecule has 0 saturated heterocycles. The van der Waals surface area contributed by atoms with Crippen molar-refractivity contribution in [1.29, 1.82) is 0 Å². The molecule has 0 aliphatic rings. The van der Waals surface area contributed by atoms with Crippen LogP contribution in [0.1, 0.15) is 25.8 Å². The fraction of sp³-hybridized carbons (Fsp3) is 0.333. The lowest BCUT2D eigenvalue weighted by Crippen LogP contribution is -2.47. The van der Waals surface area contributed by atoms with Crippen molar-refractivity contribution < 1.29 is 14.3 Å². The van der Waals surface area contributed by atoms with Crippen molar-refractivity contribution in [2.24, 2.45) is 5.41 Å². The second-order valence-corrected chi connectivity index (χ2v) is 4.92. The molecule has 3 nitrogen and oxygen atoms in total. The Balaban J connectivity index is 3.03. The van der Waals surface area contributed by atoms with E-state index < -0.39 is 11.5 Å². The minimum absolute atomic E-state index is 0.00312. The van der Waals surface area contributed by atoms with Crippen molar-refractivity contribution in [3.63, 3.8) is 0 Å². The summed E-state index contributed by atoms with van der Waals surface area (Å²) in [5, 5.41) is 0. The van der Waals surface area contributed by atoms with Gasteiger partial charge in [0.2, 0.25) is 0 Å². The zero-order chi connectivity index (χ0) is 15.9. The lowest BCUT2D eigenvalue weighted by molar-refractivity contribution is -0.147. The summed E-state index contributed by atoms with van der Waals surface area (Å²) in [4.78, 5) is 24.1. The summed E-state index contributed by atoms with van der Waals surface area (Å²) in [5.41, 5.74) is -0.406. The average Bonchev–Trinajstić information content (AvgIpc) is 2.47. The summed E-state index contributed by atoms with van der Waals surface area (Å²) in [5.74, 6) is 1.81. The fourth-order valence-electron chi connectivity index (χ4n) is 2.33. The first kappa shape index (κ1) is 16.9. The molecule has 0 radical (unpaired) electrons. The molecule has 0 aliphatic heterocycles. The summed E-state index contributed by atoms with van der Waals surface area (Å²) in [6.45, 7) is 6.69. The number of carbonyl (C=O) groups is 2. The third-order valence-corrected chi connectivity index (χ3v) is 3.61. The van der Waals surface area contributed by atoms with Gasteiger partial charge < -0.3 is 4.74 Å². The van der Waals surface area contributed by atoms with Gasteiger partial charge in [-0.1, -0.05) is 36.4 Å². The van der Waals surface area contributed by atoms with Gasteiger partial charge in [0, 0.05) is 6.42 Å².